The Morgan fingerprint density at radius 3 is 2.69 bits per heavy atom. The molecule has 1 rings (SSSR count). The van der Waals surface area contributed by atoms with Crippen molar-refractivity contribution in [3.05, 3.63) is 10.5 Å². The number of aromatic nitrogens is 1. The fraction of sp³-hybridized carbons (Fsp3) is 0.500. The molecular formula is C6H7Cl2NO2S2. The van der Waals surface area contributed by atoms with Gasteiger partial charge in [0, 0.05) is 11.3 Å². The van der Waals surface area contributed by atoms with Crippen LogP contribution in [0.3, 0.4) is 0 Å². The molecule has 13 heavy (non-hydrogen) atoms. The molecule has 1 heterocycles. The molecule has 74 valence electrons. The van der Waals surface area contributed by atoms with Crippen molar-refractivity contribution in [1.82, 2.24) is 4.98 Å². The van der Waals surface area contributed by atoms with Gasteiger partial charge >= 0.3 is 0 Å². The Labute approximate surface area is 90.6 Å². The summed E-state index contributed by atoms with van der Waals surface area (Å²) in [4.78, 5) is 3.69. The van der Waals surface area contributed by atoms with Gasteiger partial charge in [-0.15, -0.1) is 22.9 Å². The fourth-order valence-electron chi connectivity index (χ4n) is 0.714. The molecule has 0 N–H and O–H groups in total. The zero-order valence-corrected chi connectivity index (χ0v) is 9.68. The van der Waals surface area contributed by atoms with Crippen LogP contribution in [0, 0.1) is 0 Å². The van der Waals surface area contributed by atoms with Crippen LogP contribution < -0.4 is 0 Å². The van der Waals surface area contributed by atoms with Gasteiger partial charge in [0.05, 0.1) is 5.75 Å². The quantitative estimate of drug-likeness (QED) is 0.780. The molecule has 0 aliphatic carbocycles. The molecule has 1 aromatic rings. The van der Waals surface area contributed by atoms with Gasteiger partial charge in [-0.25, -0.2) is 13.4 Å². The molecule has 0 spiro atoms. The van der Waals surface area contributed by atoms with Crippen molar-refractivity contribution in [2.24, 2.45) is 0 Å². The third-order valence-corrected chi connectivity index (χ3v) is 4.99. The zero-order valence-electron chi connectivity index (χ0n) is 6.53. The summed E-state index contributed by atoms with van der Waals surface area (Å²) in [5.41, 5.74) is 0. The van der Waals surface area contributed by atoms with Crippen LogP contribution in [-0.2, 0) is 9.84 Å². The van der Waals surface area contributed by atoms with E-state index in [1.165, 1.54) is 5.38 Å². The number of rotatable bonds is 4. The number of alkyl halides is 1. The minimum atomic E-state index is -3.26. The lowest BCUT2D eigenvalue weighted by Crippen LogP contribution is -2.06. The first-order valence-electron chi connectivity index (χ1n) is 3.46. The molecule has 3 nitrogen and oxygen atoms in total. The molecule has 0 unspecified atom stereocenters. The van der Waals surface area contributed by atoms with Gasteiger partial charge in [-0.1, -0.05) is 11.6 Å². The average molecular weight is 260 g/mol. The average Bonchev–Trinajstić information content (AvgIpc) is 2.49. The second-order valence-electron chi connectivity index (χ2n) is 2.30. The van der Waals surface area contributed by atoms with Gasteiger partial charge in [-0.3, -0.25) is 0 Å². The molecule has 0 saturated heterocycles. The summed E-state index contributed by atoms with van der Waals surface area (Å²) in [5, 5.41) is 1.71. The van der Waals surface area contributed by atoms with Gasteiger partial charge in [0.1, 0.15) is 5.15 Å². The molecular weight excluding hydrogens is 253 g/mol. The maximum atomic E-state index is 11.4. The SMILES string of the molecule is O=S(=O)(CCCCl)c1nc(Cl)cs1. The van der Waals surface area contributed by atoms with Crippen LogP contribution in [0.15, 0.2) is 9.72 Å². The number of hydrogen-bond acceptors (Lipinski definition) is 4. The predicted octanol–water partition coefficient (Wildman–Crippen LogP) is 2.20. The number of nitrogens with zero attached hydrogens (tertiary/aromatic N) is 1. The standard InChI is InChI=1S/C6H7Cl2NO2S2/c7-2-1-3-13(10,11)6-9-5(8)4-12-6/h4H,1-3H2. The van der Waals surface area contributed by atoms with Crippen LogP contribution in [0.5, 0.6) is 0 Å². The molecule has 0 aliphatic rings. The van der Waals surface area contributed by atoms with Crippen molar-refractivity contribution in [2.75, 3.05) is 11.6 Å². The maximum absolute atomic E-state index is 11.4. The number of thiazole rings is 1. The summed E-state index contributed by atoms with van der Waals surface area (Å²) >= 11 is 11.9. The lowest BCUT2D eigenvalue weighted by atomic mass is 10.6. The van der Waals surface area contributed by atoms with Crippen molar-refractivity contribution in [1.29, 1.82) is 0 Å². The minimum Gasteiger partial charge on any atom is -0.221 e. The lowest BCUT2D eigenvalue weighted by Gasteiger charge is -1.96. The fourth-order valence-corrected chi connectivity index (χ4v) is 3.64. The number of sulfone groups is 1. The Kier molecular flexibility index (Phi) is 3.97. The van der Waals surface area contributed by atoms with E-state index in [0.29, 0.717) is 12.3 Å². The zero-order chi connectivity index (χ0) is 9.90. The summed E-state index contributed by atoms with van der Waals surface area (Å²) in [6, 6.07) is 0. The highest BCUT2D eigenvalue weighted by molar-refractivity contribution is 7.93. The highest BCUT2D eigenvalue weighted by Gasteiger charge is 2.17. The second kappa shape index (κ2) is 4.59. The van der Waals surface area contributed by atoms with Gasteiger partial charge in [0.25, 0.3) is 0 Å². The van der Waals surface area contributed by atoms with Gasteiger partial charge in [-0.05, 0) is 6.42 Å². The van der Waals surface area contributed by atoms with E-state index >= 15 is 0 Å². The van der Waals surface area contributed by atoms with Crippen molar-refractivity contribution in [3.63, 3.8) is 0 Å². The van der Waals surface area contributed by atoms with Crippen LogP contribution in [0.1, 0.15) is 6.42 Å². The van der Waals surface area contributed by atoms with Crippen molar-refractivity contribution in [2.45, 2.75) is 10.8 Å². The van der Waals surface area contributed by atoms with E-state index in [0.717, 1.165) is 11.3 Å². The highest BCUT2D eigenvalue weighted by Crippen LogP contribution is 2.20. The molecule has 1 aromatic heterocycles. The van der Waals surface area contributed by atoms with Crippen LogP contribution in [0.2, 0.25) is 5.15 Å². The first-order chi connectivity index (χ1) is 6.06. The van der Waals surface area contributed by atoms with E-state index in [1.54, 1.807) is 0 Å². The normalized spacial score (nSPS) is 11.8. The second-order valence-corrected chi connectivity index (χ2v) is 6.20. The third-order valence-electron chi connectivity index (χ3n) is 1.27. The molecule has 0 saturated carbocycles. The van der Waals surface area contributed by atoms with E-state index < -0.39 is 9.84 Å². The molecule has 0 aromatic carbocycles. The largest absolute Gasteiger partial charge is 0.221 e. The third kappa shape index (κ3) is 3.09. The van der Waals surface area contributed by atoms with E-state index in [2.05, 4.69) is 4.98 Å². The molecule has 0 bridgehead atoms. The smallest absolute Gasteiger partial charge is 0.210 e. The van der Waals surface area contributed by atoms with Crippen molar-refractivity contribution < 1.29 is 8.42 Å². The van der Waals surface area contributed by atoms with E-state index in [-0.39, 0.29) is 15.2 Å². The lowest BCUT2D eigenvalue weighted by molar-refractivity contribution is 0.594. The topological polar surface area (TPSA) is 47.0 Å². The summed E-state index contributed by atoms with van der Waals surface area (Å²) in [7, 11) is -3.26. The first-order valence-corrected chi connectivity index (χ1v) is 6.90. The van der Waals surface area contributed by atoms with Crippen LogP contribution in [0.4, 0.5) is 0 Å². The summed E-state index contributed by atoms with van der Waals surface area (Å²) in [6.45, 7) is 0. The van der Waals surface area contributed by atoms with Crippen LogP contribution in [-0.4, -0.2) is 25.0 Å². The summed E-state index contributed by atoms with van der Waals surface area (Å²) in [6.07, 6.45) is 0.432. The monoisotopic (exact) mass is 259 g/mol. The molecule has 0 radical (unpaired) electrons. The van der Waals surface area contributed by atoms with Gasteiger partial charge in [0.15, 0.2) is 0 Å². The Hall–Kier alpha value is 0.160. The van der Waals surface area contributed by atoms with E-state index in [4.69, 9.17) is 23.2 Å². The maximum Gasteiger partial charge on any atom is 0.210 e. The highest BCUT2D eigenvalue weighted by atomic mass is 35.5. The summed E-state index contributed by atoms with van der Waals surface area (Å²) < 4.78 is 22.9. The Morgan fingerprint density at radius 1 is 1.54 bits per heavy atom. The van der Waals surface area contributed by atoms with E-state index in [1.807, 2.05) is 0 Å². The predicted molar refractivity (Wildman–Crippen MR) is 54.5 cm³/mol. The Morgan fingerprint density at radius 2 is 2.23 bits per heavy atom. The van der Waals surface area contributed by atoms with Gasteiger partial charge in [-0.2, -0.15) is 0 Å². The number of hydrogen-bond donors (Lipinski definition) is 0. The van der Waals surface area contributed by atoms with Crippen LogP contribution in [0.25, 0.3) is 0 Å². The molecule has 0 fully saturated rings. The minimum absolute atomic E-state index is 0.0281. The number of halogens is 2. The molecule has 0 aliphatic heterocycles. The Bertz CT molecular complexity index is 374. The Balaban J connectivity index is 2.82. The molecule has 0 amide bonds. The van der Waals surface area contributed by atoms with Gasteiger partial charge in [0.2, 0.25) is 14.2 Å². The van der Waals surface area contributed by atoms with Crippen LogP contribution >= 0.6 is 34.5 Å². The van der Waals surface area contributed by atoms with Gasteiger partial charge < -0.3 is 0 Å². The first kappa shape index (κ1) is 11.2. The molecule has 7 heteroatoms. The van der Waals surface area contributed by atoms with Crippen molar-refractivity contribution >= 4 is 44.4 Å². The van der Waals surface area contributed by atoms with E-state index in [9.17, 15) is 8.42 Å². The van der Waals surface area contributed by atoms with Crippen molar-refractivity contribution in [3.8, 4) is 0 Å². The summed E-state index contributed by atoms with van der Waals surface area (Å²) in [5.74, 6) is 0.360. The molecule has 0 atom stereocenters.